The minimum absolute atomic E-state index is 0.126. The van der Waals surface area contributed by atoms with Gasteiger partial charge in [0, 0.05) is 52.1 Å². The van der Waals surface area contributed by atoms with Gasteiger partial charge in [0.1, 0.15) is 0 Å². The summed E-state index contributed by atoms with van der Waals surface area (Å²) in [7, 11) is 2.80. The number of carboxylic acid groups (broad SMARTS) is 1. The molecule has 53 heavy (non-hydrogen) atoms. The van der Waals surface area contributed by atoms with Crippen molar-refractivity contribution in [1.29, 1.82) is 0 Å². The van der Waals surface area contributed by atoms with Crippen LogP contribution >= 0.6 is 31.9 Å². The first-order valence-corrected chi connectivity index (χ1v) is 18.7. The molecule has 6 rings (SSSR count). The standard InChI is InChI=1S/C20H21BrN2O3.C14H17NO4.C6H6BrN/c1-26-20(25)23-12-10-15(11-13-23)14-2-4-16(5-3-14)19(24)22-18-8-6-17(21)7-9-18;1-19-14(18)15-8-6-11(7-9-15)10-2-4-12(5-3-10)13(16)17;7-5-1-3-6(8)4-2-5/h2-9,15H,10-13H2,1H3,(H,22,24);2-5,11H,6-9H2,1H3,(H,16,17);1-4H,8H2. The van der Waals surface area contributed by atoms with Crippen LogP contribution in [-0.4, -0.2) is 79.4 Å². The largest absolute Gasteiger partial charge is 0.478 e. The van der Waals surface area contributed by atoms with Gasteiger partial charge < -0.3 is 35.4 Å². The van der Waals surface area contributed by atoms with Crippen molar-refractivity contribution >= 4 is 67.3 Å². The molecule has 2 saturated heterocycles. The molecule has 4 aromatic rings. The Balaban J connectivity index is 0.000000202. The van der Waals surface area contributed by atoms with Crippen molar-refractivity contribution in [2.75, 3.05) is 51.4 Å². The van der Waals surface area contributed by atoms with Gasteiger partial charge >= 0.3 is 18.2 Å². The molecule has 0 spiro atoms. The van der Waals surface area contributed by atoms with E-state index in [-0.39, 0.29) is 18.1 Å². The van der Waals surface area contributed by atoms with Gasteiger partial charge in [-0.25, -0.2) is 14.4 Å². The van der Waals surface area contributed by atoms with Gasteiger partial charge in [0.2, 0.25) is 0 Å². The number of hydrogen-bond acceptors (Lipinski definition) is 7. The molecule has 11 nitrogen and oxygen atoms in total. The van der Waals surface area contributed by atoms with Crippen molar-refractivity contribution in [1.82, 2.24) is 9.80 Å². The maximum Gasteiger partial charge on any atom is 0.409 e. The summed E-state index contributed by atoms with van der Waals surface area (Å²) in [6.45, 7) is 2.75. The molecule has 4 N–H and O–H groups in total. The fourth-order valence-electron chi connectivity index (χ4n) is 6.05. The second-order valence-corrected chi connectivity index (χ2v) is 14.4. The van der Waals surface area contributed by atoms with Crippen molar-refractivity contribution in [2.45, 2.75) is 37.5 Å². The lowest BCUT2D eigenvalue weighted by Gasteiger charge is -2.31. The van der Waals surface area contributed by atoms with Gasteiger partial charge in [-0.05, 0) is 121 Å². The Morgan fingerprint density at radius 1 is 0.623 bits per heavy atom. The van der Waals surface area contributed by atoms with E-state index in [4.69, 9.17) is 20.3 Å². The molecule has 0 aliphatic carbocycles. The third kappa shape index (κ3) is 12.6. The normalized spacial score (nSPS) is 14.4. The molecule has 0 bridgehead atoms. The molecule has 0 saturated carbocycles. The first-order valence-electron chi connectivity index (χ1n) is 17.1. The molecule has 4 aromatic carbocycles. The third-order valence-corrected chi connectivity index (χ3v) is 10.2. The van der Waals surface area contributed by atoms with Crippen LogP contribution in [0.4, 0.5) is 21.0 Å². The highest BCUT2D eigenvalue weighted by Crippen LogP contribution is 2.30. The quantitative estimate of drug-likeness (QED) is 0.168. The predicted octanol–water partition coefficient (Wildman–Crippen LogP) is 9.01. The molecular weight excluding hydrogens is 808 g/mol. The van der Waals surface area contributed by atoms with E-state index in [1.54, 1.807) is 21.9 Å². The summed E-state index contributed by atoms with van der Waals surface area (Å²) in [5.74, 6) is -0.255. The van der Waals surface area contributed by atoms with Crippen molar-refractivity contribution in [3.8, 4) is 0 Å². The lowest BCUT2D eigenvalue weighted by Crippen LogP contribution is -2.37. The SMILES string of the molecule is COC(=O)N1CCC(c2ccc(C(=O)Nc3ccc(Br)cc3)cc2)CC1.COC(=O)N1CCC(c2ccc(C(=O)O)cc2)CC1.Nc1ccc(Br)cc1. The second-order valence-electron chi connectivity index (χ2n) is 12.5. The number of nitrogens with zero attached hydrogens (tertiary/aromatic N) is 2. The van der Waals surface area contributed by atoms with Crippen molar-refractivity contribution in [2.24, 2.45) is 0 Å². The lowest BCUT2D eigenvalue weighted by atomic mass is 9.89. The number of nitrogens with two attached hydrogens (primary N) is 1. The summed E-state index contributed by atoms with van der Waals surface area (Å²) in [4.78, 5) is 49.5. The molecule has 2 heterocycles. The summed E-state index contributed by atoms with van der Waals surface area (Å²) in [5, 5.41) is 11.7. The summed E-state index contributed by atoms with van der Waals surface area (Å²) < 4.78 is 11.5. The minimum Gasteiger partial charge on any atom is -0.478 e. The number of anilines is 2. The van der Waals surface area contributed by atoms with Crippen LogP contribution in [0.1, 0.15) is 69.4 Å². The maximum absolute atomic E-state index is 12.4. The number of halogens is 2. The Hall–Kier alpha value is -4.88. The van der Waals surface area contributed by atoms with Crippen LogP contribution in [-0.2, 0) is 9.47 Å². The Bertz CT molecular complexity index is 1770. The molecule has 2 aliphatic rings. The second kappa shape index (κ2) is 20.4. The van der Waals surface area contributed by atoms with E-state index in [9.17, 15) is 19.2 Å². The summed E-state index contributed by atoms with van der Waals surface area (Å²) >= 11 is 6.67. The highest BCUT2D eigenvalue weighted by atomic mass is 79.9. The van der Waals surface area contributed by atoms with Gasteiger partial charge in [-0.2, -0.15) is 0 Å². The number of methoxy groups -OCH3 is 2. The monoisotopic (exact) mass is 850 g/mol. The maximum atomic E-state index is 12.4. The fourth-order valence-corrected chi connectivity index (χ4v) is 6.58. The molecular formula is C40H44Br2N4O7. The number of benzene rings is 4. The van der Waals surface area contributed by atoms with E-state index in [1.807, 2.05) is 84.9 Å². The lowest BCUT2D eigenvalue weighted by molar-refractivity contribution is 0.0696. The Morgan fingerprint density at radius 2 is 1.00 bits per heavy atom. The van der Waals surface area contributed by atoms with Gasteiger partial charge in [0.25, 0.3) is 5.91 Å². The van der Waals surface area contributed by atoms with Crippen LogP contribution in [0.5, 0.6) is 0 Å². The number of likely N-dealkylation sites (tertiary alicyclic amines) is 2. The average Bonchev–Trinajstić information content (AvgIpc) is 3.20. The molecule has 3 amide bonds. The fraction of sp³-hybridized carbons (Fsp3) is 0.300. The Labute approximate surface area is 326 Å². The summed E-state index contributed by atoms with van der Waals surface area (Å²) in [5.41, 5.74) is 10.2. The van der Waals surface area contributed by atoms with Crippen molar-refractivity contribution < 1.29 is 33.8 Å². The van der Waals surface area contributed by atoms with Crippen LogP contribution < -0.4 is 11.1 Å². The van der Waals surface area contributed by atoms with E-state index in [0.29, 0.717) is 49.1 Å². The number of amides is 3. The molecule has 0 radical (unpaired) electrons. The van der Waals surface area contributed by atoms with E-state index >= 15 is 0 Å². The zero-order valence-electron chi connectivity index (χ0n) is 29.7. The molecule has 280 valence electrons. The van der Waals surface area contributed by atoms with Crippen LogP contribution in [0.2, 0.25) is 0 Å². The highest BCUT2D eigenvalue weighted by molar-refractivity contribution is 9.10. The highest BCUT2D eigenvalue weighted by Gasteiger charge is 2.25. The number of piperidine rings is 2. The molecule has 0 unspecified atom stereocenters. The molecule has 0 atom stereocenters. The van der Waals surface area contributed by atoms with E-state index < -0.39 is 5.97 Å². The number of hydrogen-bond donors (Lipinski definition) is 3. The van der Waals surface area contributed by atoms with Crippen LogP contribution in [0.25, 0.3) is 0 Å². The van der Waals surface area contributed by atoms with Gasteiger partial charge in [0.15, 0.2) is 0 Å². The minimum atomic E-state index is -0.910. The van der Waals surface area contributed by atoms with Gasteiger partial charge in [-0.1, -0.05) is 56.1 Å². The number of aromatic carboxylic acids is 1. The van der Waals surface area contributed by atoms with Gasteiger partial charge in [-0.3, -0.25) is 4.79 Å². The van der Waals surface area contributed by atoms with E-state index in [1.165, 1.54) is 19.8 Å². The topological polar surface area (TPSA) is 152 Å². The van der Waals surface area contributed by atoms with Crippen LogP contribution in [0, 0.1) is 0 Å². The third-order valence-electron chi connectivity index (χ3n) is 9.10. The summed E-state index contributed by atoms with van der Waals surface area (Å²) in [6, 6.07) is 29.7. The summed E-state index contributed by atoms with van der Waals surface area (Å²) in [6.07, 6.45) is 3.02. The molecule has 0 aromatic heterocycles. The van der Waals surface area contributed by atoms with Gasteiger partial charge in [0.05, 0.1) is 19.8 Å². The molecule has 2 aliphatic heterocycles. The molecule has 2 fully saturated rings. The van der Waals surface area contributed by atoms with Crippen LogP contribution in [0.15, 0.2) is 106 Å². The smallest absolute Gasteiger partial charge is 0.409 e. The van der Waals surface area contributed by atoms with E-state index in [2.05, 4.69) is 37.2 Å². The zero-order valence-corrected chi connectivity index (χ0v) is 32.8. The Kier molecular flexibility index (Phi) is 15.7. The van der Waals surface area contributed by atoms with E-state index in [0.717, 1.165) is 51.6 Å². The van der Waals surface area contributed by atoms with Gasteiger partial charge in [-0.15, -0.1) is 0 Å². The first-order chi connectivity index (χ1) is 25.5. The number of nitrogen functional groups attached to an aromatic ring is 1. The number of rotatable bonds is 5. The van der Waals surface area contributed by atoms with Crippen molar-refractivity contribution in [3.63, 3.8) is 0 Å². The van der Waals surface area contributed by atoms with Crippen LogP contribution in [0.3, 0.4) is 0 Å². The van der Waals surface area contributed by atoms with Crippen molar-refractivity contribution in [3.05, 3.63) is 128 Å². The molecule has 13 heteroatoms. The Morgan fingerprint density at radius 3 is 1.36 bits per heavy atom. The zero-order chi connectivity index (χ0) is 38.3. The first kappa shape index (κ1) is 40.9. The number of carbonyl (C=O) groups is 4. The average molecular weight is 853 g/mol. The number of ether oxygens (including phenoxy) is 2. The number of carbonyl (C=O) groups excluding carboxylic acids is 3. The predicted molar refractivity (Wildman–Crippen MR) is 212 cm³/mol. The number of carboxylic acids is 1. The number of nitrogens with one attached hydrogen (secondary N) is 1.